The molecule has 0 aliphatic carbocycles. The fourth-order valence-electron chi connectivity index (χ4n) is 1.62. The van der Waals surface area contributed by atoms with E-state index in [9.17, 15) is 4.79 Å². The van der Waals surface area contributed by atoms with Crippen molar-refractivity contribution in [2.24, 2.45) is 5.92 Å². The van der Waals surface area contributed by atoms with Gasteiger partial charge in [-0.1, -0.05) is 27.7 Å². The first-order valence-electron chi connectivity index (χ1n) is 7.01. The van der Waals surface area contributed by atoms with Gasteiger partial charge in [0.2, 0.25) is 5.91 Å². The summed E-state index contributed by atoms with van der Waals surface area (Å²) in [6.45, 7) is 11.4. The van der Waals surface area contributed by atoms with Gasteiger partial charge in [-0.3, -0.25) is 4.79 Å². The lowest BCUT2D eigenvalue weighted by Gasteiger charge is -2.19. The largest absolute Gasteiger partial charge is 0.381 e. The molecule has 0 bridgehead atoms. The standard InChI is InChI=1S/C14H30N2O2/c1-12(2)14(17)16(5)9-7-11-18-10-6-8-15-13(3)4/h12-13,15H,6-11H2,1-5H3. The molecule has 0 aromatic rings. The van der Waals surface area contributed by atoms with Crippen molar-refractivity contribution in [1.29, 1.82) is 0 Å². The van der Waals surface area contributed by atoms with Crippen LogP contribution in [0.4, 0.5) is 0 Å². The van der Waals surface area contributed by atoms with Crippen LogP contribution in [0.25, 0.3) is 0 Å². The molecule has 0 aliphatic rings. The van der Waals surface area contributed by atoms with E-state index in [1.165, 1.54) is 0 Å². The van der Waals surface area contributed by atoms with Gasteiger partial charge in [0.25, 0.3) is 0 Å². The second kappa shape index (κ2) is 10.3. The van der Waals surface area contributed by atoms with Gasteiger partial charge in [0.1, 0.15) is 0 Å². The van der Waals surface area contributed by atoms with Crippen molar-refractivity contribution < 1.29 is 9.53 Å². The van der Waals surface area contributed by atoms with E-state index in [1.807, 2.05) is 20.9 Å². The van der Waals surface area contributed by atoms with Crippen LogP contribution in [-0.4, -0.2) is 50.2 Å². The molecule has 108 valence electrons. The van der Waals surface area contributed by atoms with Gasteiger partial charge >= 0.3 is 0 Å². The van der Waals surface area contributed by atoms with Crippen molar-refractivity contribution in [3.63, 3.8) is 0 Å². The lowest BCUT2D eigenvalue weighted by molar-refractivity contribution is -0.133. The molecule has 0 radical (unpaired) electrons. The lowest BCUT2D eigenvalue weighted by Crippen LogP contribution is -2.31. The number of nitrogens with one attached hydrogen (secondary N) is 1. The molecule has 0 unspecified atom stereocenters. The molecule has 1 amide bonds. The van der Waals surface area contributed by atoms with E-state index in [4.69, 9.17) is 4.74 Å². The van der Waals surface area contributed by atoms with E-state index >= 15 is 0 Å². The summed E-state index contributed by atoms with van der Waals surface area (Å²) in [6.07, 6.45) is 1.95. The van der Waals surface area contributed by atoms with Crippen molar-refractivity contribution in [1.82, 2.24) is 10.2 Å². The number of carbonyl (C=O) groups is 1. The number of carbonyl (C=O) groups excluding carboxylic acids is 1. The predicted molar refractivity (Wildman–Crippen MR) is 75.7 cm³/mol. The summed E-state index contributed by atoms with van der Waals surface area (Å²) >= 11 is 0. The highest BCUT2D eigenvalue weighted by molar-refractivity contribution is 5.77. The Morgan fingerprint density at radius 1 is 1.17 bits per heavy atom. The first kappa shape index (κ1) is 17.4. The lowest BCUT2D eigenvalue weighted by atomic mass is 10.2. The normalized spacial score (nSPS) is 11.3. The van der Waals surface area contributed by atoms with Crippen LogP contribution >= 0.6 is 0 Å². The van der Waals surface area contributed by atoms with E-state index in [1.54, 1.807) is 4.90 Å². The molecule has 0 aliphatic heterocycles. The fraction of sp³-hybridized carbons (Fsp3) is 0.929. The zero-order valence-electron chi connectivity index (χ0n) is 12.7. The average Bonchev–Trinajstić information content (AvgIpc) is 2.30. The number of rotatable bonds is 10. The fourth-order valence-corrected chi connectivity index (χ4v) is 1.62. The van der Waals surface area contributed by atoms with E-state index in [2.05, 4.69) is 19.2 Å². The summed E-state index contributed by atoms with van der Waals surface area (Å²) in [5.74, 6) is 0.286. The van der Waals surface area contributed by atoms with Gasteiger partial charge in [-0.2, -0.15) is 0 Å². The Kier molecular flexibility index (Phi) is 9.98. The van der Waals surface area contributed by atoms with E-state index in [0.717, 1.165) is 39.1 Å². The molecule has 0 fully saturated rings. The molecular formula is C14H30N2O2. The van der Waals surface area contributed by atoms with E-state index < -0.39 is 0 Å². The number of ether oxygens (including phenoxy) is 1. The summed E-state index contributed by atoms with van der Waals surface area (Å²) in [4.78, 5) is 13.4. The van der Waals surface area contributed by atoms with Crippen molar-refractivity contribution in [3.05, 3.63) is 0 Å². The number of hydrogen-bond donors (Lipinski definition) is 1. The van der Waals surface area contributed by atoms with Gasteiger partial charge in [0.15, 0.2) is 0 Å². The predicted octanol–water partition coefficient (Wildman–Crippen LogP) is 1.90. The van der Waals surface area contributed by atoms with Crippen molar-refractivity contribution in [3.8, 4) is 0 Å². The Hall–Kier alpha value is -0.610. The second-order valence-corrected chi connectivity index (χ2v) is 5.34. The Morgan fingerprint density at radius 2 is 1.78 bits per heavy atom. The molecule has 0 heterocycles. The topological polar surface area (TPSA) is 41.6 Å². The van der Waals surface area contributed by atoms with Gasteiger partial charge in [-0.15, -0.1) is 0 Å². The maximum Gasteiger partial charge on any atom is 0.224 e. The van der Waals surface area contributed by atoms with Crippen LogP contribution in [0, 0.1) is 5.92 Å². The highest BCUT2D eigenvalue weighted by atomic mass is 16.5. The third-order valence-electron chi connectivity index (χ3n) is 2.67. The molecule has 0 aromatic heterocycles. The summed E-state index contributed by atoms with van der Waals surface area (Å²) in [5.41, 5.74) is 0. The second-order valence-electron chi connectivity index (χ2n) is 5.34. The van der Waals surface area contributed by atoms with Gasteiger partial charge in [0, 0.05) is 38.8 Å². The highest BCUT2D eigenvalue weighted by Crippen LogP contribution is 1.99. The number of nitrogens with zero attached hydrogens (tertiary/aromatic N) is 1. The molecule has 18 heavy (non-hydrogen) atoms. The minimum Gasteiger partial charge on any atom is -0.381 e. The van der Waals surface area contributed by atoms with Crippen LogP contribution in [0.15, 0.2) is 0 Å². The van der Waals surface area contributed by atoms with Gasteiger partial charge in [-0.25, -0.2) is 0 Å². The molecule has 0 saturated carbocycles. The smallest absolute Gasteiger partial charge is 0.224 e. The molecular weight excluding hydrogens is 228 g/mol. The zero-order valence-corrected chi connectivity index (χ0v) is 12.7. The highest BCUT2D eigenvalue weighted by Gasteiger charge is 2.11. The zero-order chi connectivity index (χ0) is 14.0. The Labute approximate surface area is 112 Å². The monoisotopic (exact) mass is 258 g/mol. The number of amides is 1. The molecule has 0 rings (SSSR count). The average molecular weight is 258 g/mol. The minimum atomic E-state index is 0.0815. The summed E-state index contributed by atoms with van der Waals surface area (Å²) in [5, 5.41) is 3.35. The van der Waals surface area contributed by atoms with Crippen LogP contribution in [0.5, 0.6) is 0 Å². The minimum absolute atomic E-state index is 0.0815. The van der Waals surface area contributed by atoms with Crippen molar-refractivity contribution in [2.75, 3.05) is 33.4 Å². The van der Waals surface area contributed by atoms with Crippen LogP contribution < -0.4 is 5.32 Å². The van der Waals surface area contributed by atoms with Crippen molar-refractivity contribution in [2.45, 2.75) is 46.6 Å². The molecule has 0 atom stereocenters. The Balaban J connectivity index is 3.33. The molecule has 0 saturated heterocycles. The molecule has 4 heteroatoms. The van der Waals surface area contributed by atoms with Gasteiger partial charge < -0.3 is 15.0 Å². The van der Waals surface area contributed by atoms with Crippen molar-refractivity contribution >= 4 is 5.91 Å². The summed E-state index contributed by atoms with van der Waals surface area (Å²) in [7, 11) is 1.86. The van der Waals surface area contributed by atoms with Gasteiger partial charge in [0.05, 0.1) is 0 Å². The van der Waals surface area contributed by atoms with Crippen LogP contribution in [0.2, 0.25) is 0 Å². The maximum atomic E-state index is 11.6. The molecule has 4 nitrogen and oxygen atoms in total. The molecule has 0 spiro atoms. The third-order valence-corrected chi connectivity index (χ3v) is 2.67. The molecule has 1 N–H and O–H groups in total. The van der Waals surface area contributed by atoms with Crippen LogP contribution in [-0.2, 0) is 9.53 Å². The third kappa shape index (κ3) is 9.42. The summed E-state index contributed by atoms with van der Waals surface area (Å²) < 4.78 is 5.53. The number of hydrogen-bond acceptors (Lipinski definition) is 3. The first-order valence-corrected chi connectivity index (χ1v) is 7.01. The molecule has 0 aromatic carbocycles. The van der Waals surface area contributed by atoms with Crippen LogP contribution in [0.3, 0.4) is 0 Å². The van der Waals surface area contributed by atoms with Crippen LogP contribution in [0.1, 0.15) is 40.5 Å². The summed E-state index contributed by atoms with van der Waals surface area (Å²) in [6, 6.07) is 0.542. The quantitative estimate of drug-likeness (QED) is 0.609. The maximum absolute atomic E-state index is 11.6. The van der Waals surface area contributed by atoms with E-state index in [0.29, 0.717) is 6.04 Å². The van der Waals surface area contributed by atoms with Gasteiger partial charge in [-0.05, 0) is 19.4 Å². The Morgan fingerprint density at radius 3 is 2.33 bits per heavy atom. The SMILES string of the molecule is CC(C)NCCCOCCCN(C)C(=O)C(C)C. The first-order chi connectivity index (χ1) is 8.45. The Bertz CT molecular complexity index is 218. The van der Waals surface area contributed by atoms with E-state index in [-0.39, 0.29) is 11.8 Å².